The van der Waals surface area contributed by atoms with Crippen LogP contribution in [0.25, 0.3) is 0 Å². The number of tetrazole rings is 1. The molecule has 0 bridgehead atoms. The lowest BCUT2D eigenvalue weighted by atomic mass is 10.1. The fourth-order valence-electron chi connectivity index (χ4n) is 4.27. The number of hydrogen-bond donors (Lipinski definition) is 0. The second-order valence-electron chi connectivity index (χ2n) is 7.60. The van der Waals surface area contributed by atoms with E-state index in [1.807, 2.05) is 57.7 Å². The van der Waals surface area contributed by atoms with Crippen LogP contribution in [-0.2, 0) is 4.79 Å². The maximum atomic E-state index is 13.5. The van der Waals surface area contributed by atoms with Crippen molar-refractivity contribution in [2.75, 3.05) is 16.4 Å². The van der Waals surface area contributed by atoms with E-state index in [0.717, 1.165) is 39.9 Å². The molecule has 0 saturated heterocycles. The van der Waals surface area contributed by atoms with Crippen molar-refractivity contribution in [2.45, 2.75) is 47.8 Å². The summed E-state index contributed by atoms with van der Waals surface area (Å²) in [6.45, 7) is 0. The highest BCUT2D eigenvalue weighted by molar-refractivity contribution is 8.00. The Morgan fingerprint density at radius 3 is 2.67 bits per heavy atom. The molecule has 0 radical (unpaired) electrons. The predicted octanol–water partition coefficient (Wildman–Crippen LogP) is 4.76. The van der Waals surface area contributed by atoms with Gasteiger partial charge < -0.3 is 4.90 Å². The average molecular weight is 438 g/mol. The molecule has 3 aromatic rings. The molecule has 1 unspecified atom stereocenters. The van der Waals surface area contributed by atoms with Gasteiger partial charge in [0.25, 0.3) is 0 Å². The fraction of sp³-hybridized carbons (Fsp3) is 0.364. The molecule has 5 rings (SSSR count). The zero-order valence-electron chi connectivity index (χ0n) is 16.6. The van der Waals surface area contributed by atoms with E-state index >= 15 is 0 Å². The molecule has 6 nitrogen and oxygen atoms in total. The summed E-state index contributed by atoms with van der Waals surface area (Å²) >= 11 is 3.25. The molecule has 1 aliphatic heterocycles. The Hall–Kier alpha value is -2.32. The lowest BCUT2D eigenvalue weighted by Gasteiger charge is -2.37. The molecule has 2 aliphatic rings. The number of hydrogen-bond acceptors (Lipinski definition) is 6. The van der Waals surface area contributed by atoms with Crippen LogP contribution in [0.4, 0.5) is 5.69 Å². The van der Waals surface area contributed by atoms with Gasteiger partial charge in [-0.3, -0.25) is 4.79 Å². The first-order chi connectivity index (χ1) is 14.8. The number of carbonyl (C=O) groups excluding carboxylic acids is 1. The highest BCUT2D eigenvalue weighted by Gasteiger charge is 2.33. The van der Waals surface area contributed by atoms with Crippen molar-refractivity contribution in [1.82, 2.24) is 20.2 Å². The molecule has 1 amide bonds. The Kier molecular flexibility index (Phi) is 5.77. The smallest absolute Gasteiger partial charge is 0.238 e. The summed E-state index contributed by atoms with van der Waals surface area (Å²) in [4.78, 5) is 16.6. The second-order valence-corrected chi connectivity index (χ2v) is 9.61. The third-order valence-electron chi connectivity index (χ3n) is 5.74. The number of anilines is 1. The van der Waals surface area contributed by atoms with Crippen molar-refractivity contribution >= 4 is 35.1 Å². The van der Waals surface area contributed by atoms with Crippen molar-refractivity contribution in [3.63, 3.8) is 0 Å². The van der Waals surface area contributed by atoms with Gasteiger partial charge in [0.1, 0.15) is 0 Å². The first kappa shape index (κ1) is 19.6. The van der Waals surface area contributed by atoms with E-state index in [2.05, 4.69) is 33.7 Å². The van der Waals surface area contributed by atoms with Gasteiger partial charge in [-0.1, -0.05) is 67.1 Å². The number of para-hydroxylation sites is 1. The van der Waals surface area contributed by atoms with Crippen LogP contribution in [0.5, 0.6) is 0 Å². The molecule has 1 aliphatic carbocycles. The van der Waals surface area contributed by atoms with E-state index in [1.165, 1.54) is 24.6 Å². The zero-order chi connectivity index (χ0) is 20.3. The lowest BCUT2D eigenvalue weighted by Crippen LogP contribution is -2.39. The first-order valence-electron chi connectivity index (χ1n) is 10.3. The lowest BCUT2D eigenvalue weighted by molar-refractivity contribution is -0.116. The van der Waals surface area contributed by atoms with Crippen molar-refractivity contribution in [1.29, 1.82) is 0 Å². The van der Waals surface area contributed by atoms with Gasteiger partial charge in [-0.05, 0) is 41.0 Å². The van der Waals surface area contributed by atoms with E-state index in [1.54, 1.807) is 0 Å². The Balaban J connectivity index is 1.39. The zero-order valence-corrected chi connectivity index (χ0v) is 18.2. The van der Waals surface area contributed by atoms with Crippen LogP contribution >= 0.6 is 23.5 Å². The number of fused-ring (bicyclic) bond motifs is 1. The molecule has 0 N–H and O–H groups in total. The number of nitrogens with zero attached hydrogens (tertiary/aromatic N) is 5. The van der Waals surface area contributed by atoms with Crippen molar-refractivity contribution in [2.24, 2.45) is 0 Å². The molecule has 1 saturated carbocycles. The van der Waals surface area contributed by atoms with E-state index in [4.69, 9.17) is 0 Å². The minimum absolute atomic E-state index is 0.0185. The Morgan fingerprint density at radius 2 is 1.83 bits per heavy atom. The van der Waals surface area contributed by atoms with Gasteiger partial charge in [-0.15, -0.1) is 16.9 Å². The Labute approximate surface area is 184 Å². The van der Waals surface area contributed by atoms with Crippen LogP contribution in [0.15, 0.2) is 64.6 Å². The molecule has 8 heteroatoms. The molecular formula is C22H23N5OS2. The van der Waals surface area contributed by atoms with E-state index in [0.29, 0.717) is 11.8 Å². The highest BCUT2D eigenvalue weighted by atomic mass is 32.2. The van der Waals surface area contributed by atoms with Gasteiger partial charge in [0, 0.05) is 10.6 Å². The van der Waals surface area contributed by atoms with Gasteiger partial charge in [-0.2, -0.15) is 0 Å². The van der Waals surface area contributed by atoms with E-state index in [-0.39, 0.29) is 11.9 Å². The number of benzene rings is 2. The van der Waals surface area contributed by atoms with Gasteiger partial charge in [0.2, 0.25) is 11.1 Å². The highest BCUT2D eigenvalue weighted by Crippen LogP contribution is 2.43. The van der Waals surface area contributed by atoms with Crippen molar-refractivity contribution in [3.05, 3.63) is 60.2 Å². The monoisotopic (exact) mass is 437 g/mol. The quantitative estimate of drug-likeness (QED) is 0.536. The topological polar surface area (TPSA) is 63.9 Å². The summed E-state index contributed by atoms with van der Waals surface area (Å²) in [5.41, 5.74) is 2.15. The van der Waals surface area contributed by atoms with Crippen LogP contribution in [-0.4, -0.2) is 37.6 Å². The van der Waals surface area contributed by atoms with Crippen LogP contribution in [0, 0.1) is 0 Å². The van der Waals surface area contributed by atoms with Crippen molar-refractivity contribution < 1.29 is 4.79 Å². The second kappa shape index (κ2) is 8.81. The molecule has 154 valence electrons. The predicted molar refractivity (Wildman–Crippen MR) is 120 cm³/mol. The minimum Gasteiger partial charge on any atom is -0.302 e. The van der Waals surface area contributed by atoms with Crippen LogP contribution in [0.3, 0.4) is 0 Å². The van der Waals surface area contributed by atoms with Gasteiger partial charge >= 0.3 is 0 Å². The maximum absolute atomic E-state index is 13.5. The summed E-state index contributed by atoms with van der Waals surface area (Å²) < 4.78 is 1.92. The summed E-state index contributed by atoms with van der Waals surface area (Å²) in [5.74, 6) is 1.25. The van der Waals surface area contributed by atoms with Crippen molar-refractivity contribution in [3.8, 4) is 0 Å². The Bertz CT molecular complexity index is 1020. The third kappa shape index (κ3) is 3.86. The SMILES string of the molecule is O=C(CSc1nnnn1C1CCCC1)N1c2ccccc2SCC1c1ccccc1. The number of rotatable bonds is 5. The summed E-state index contributed by atoms with van der Waals surface area (Å²) in [6.07, 6.45) is 4.65. The number of thioether (sulfide) groups is 2. The first-order valence-corrected chi connectivity index (χ1v) is 12.3. The maximum Gasteiger partial charge on any atom is 0.238 e. The van der Waals surface area contributed by atoms with Crippen LogP contribution in [0.2, 0.25) is 0 Å². The standard InChI is InChI=1S/C22H23N5OS2/c28-21(15-30-22-23-24-25-27(22)17-10-4-5-11-17)26-18-12-6-7-13-20(18)29-14-19(26)16-8-2-1-3-9-16/h1-3,6-9,12-13,17,19H,4-5,10-11,14-15H2. The average Bonchev–Trinajstić information content (AvgIpc) is 3.49. The van der Waals surface area contributed by atoms with Crippen LogP contribution in [0.1, 0.15) is 43.3 Å². The Morgan fingerprint density at radius 1 is 1.07 bits per heavy atom. The van der Waals surface area contributed by atoms with Crippen LogP contribution < -0.4 is 4.90 Å². The molecular weight excluding hydrogens is 414 g/mol. The fourth-order valence-corrected chi connectivity index (χ4v) is 6.24. The number of aromatic nitrogens is 4. The molecule has 1 aromatic heterocycles. The minimum atomic E-state index is 0.0185. The molecule has 0 spiro atoms. The van der Waals surface area contributed by atoms with Gasteiger partial charge in [-0.25, -0.2) is 4.68 Å². The largest absolute Gasteiger partial charge is 0.302 e. The molecule has 2 aromatic carbocycles. The summed E-state index contributed by atoms with van der Waals surface area (Å²) in [6, 6.07) is 18.8. The van der Waals surface area contributed by atoms with E-state index in [9.17, 15) is 4.79 Å². The van der Waals surface area contributed by atoms with E-state index < -0.39 is 0 Å². The number of amides is 1. The number of carbonyl (C=O) groups is 1. The van der Waals surface area contributed by atoms with Gasteiger partial charge in [0.15, 0.2) is 0 Å². The third-order valence-corrected chi connectivity index (χ3v) is 7.80. The van der Waals surface area contributed by atoms with Gasteiger partial charge in [0.05, 0.1) is 23.5 Å². The summed E-state index contributed by atoms with van der Waals surface area (Å²) in [5, 5.41) is 13.0. The summed E-state index contributed by atoms with van der Waals surface area (Å²) in [7, 11) is 0. The molecule has 1 atom stereocenters. The molecule has 2 heterocycles. The molecule has 30 heavy (non-hydrogen) atoms. The normalized spacial score (nSPS) is 19.1. The molecule has 1 fully saturated rings.